The van der Waals surface area contributed by atoms with Gasteiger partial charge < -0.3 is 4.90 Å². The maximum atomic E-state index is 14.1. The standard InChI is InChI=1S/C29H38N2O2S2/c1-19(2)23-16-25(20(3)4)28(26(17-23)21(5)6)35(32,33)24-12-14-31(15-13-24)29-30-27(18-34-29)22-10-8-7-9-11-22/h7-11,16-21,24H,12-15H2,1-6H3. The van der Waals surface area contributed by atoms with Crippen LogP contribution in [-0.4, -0.2) is 31.7 Å². The fourth-order valence-corrected chi connectivity index (χ4v) is 8.19. The molecule has 0 radical (unpaired) electrons. The van der Waals surface area contributed by atoms with Crippen molar-refractivity contribution in [2.24, 2.45) is 0 Å². The molecule has 1 aliphatic heterocycles. The second-order valence-corrected chi connectivity index (χ2v) is 13.6. The summed E-state index contributed by atoms with van der Waals surface area (Å²) in [5, 5.41) is 2.71. The largest absolute Gasteiger partial charge is 0.348 e. The predicted octanol–water partition coefficient (Wildman–Crippen LogP) is 7.62. The first-order valence-electron chi connectivity index (χ1n) is 12.8. The number of rotatable bonds is 7. The molecule has 0 bridgehead atoms. The van der Waals surface area contributed by atoms with Crippen LogP contribution in [0.4, 0.5) is 5.13 Å². The first-order chi connectivity index (χ1) is 16.6. The Bertz CT molecular complexity index is 1220. The molecule has 4 rings (SSSR count). The van der Waals surface area contributed by atoms with E-state index in [9.17, 15) is 8.42 Å². The molecule has 1 fully saturated rings. The minimum Gasteiger partial charge on any atom is -0.348 e. The molecule has 0 saturated carbocycles. The number of aromatic nitrogens is 1. The van der Waals surface area contributed by atoms with Gasteiger partial charge in [-0.25, -0.2) is 13.4 Å². The Labute approximate surface area is 215 Å². The number of anilines is 1. The summed E-state index contributed by atoms with van der Waals surface area (Å²) in [6, 6.07) is 14.5. The van der Waals surface area contributed by atoms with Crippen molar-refractivity contribution in [3.8, 4) is 11.3 Å². The highest BCUT2D eigenvalue weighted by atomic mass is 32.2. The highest BCUT2D eigenvalue weighted by Gasteiger charge is 2.36. The minimum absolute atomic E-state index is 0.155. The van der Waals surface area contributed by atoms with Crippen molar-refractivity contribution < 1.29 is 8.42 Å². The first-order valence-corrected chi connectivity index (χ1v) is 15.2. The number of sulfone groups is 1. The zero-order valence-electron chi connectivity index (χ0n) is 21.8. The molecule has 3 aromatic rings. The Hall–Kier alpha value is -2.18. The predicted molar refractivity (Wildman–Crippen MR) is 149 cm³/mol. The van der Waals surface area contributed by atoms with Crippen LogP contribution in [0.3, 0.4) is 0 Å². The van der Waals surface area contributed by atoms with Gasteiger partial charge in [0.05, 0.1) is 15.8 Å². The minimum atomic E-state index is -3.44. The Kier molecular flexibility index (Phi) is 7.72. The van der Waals surface area contributed by atoms with Crippen LogP contribution in [0.1, 0.15) is 88.8 Å². The van der Waals surface area contributed by atoms with E-state index in [2.05, 4.69) is 76.1 Å². The highest BCUT2D eigenvalue weighted by Crippen LogP contribution is 2.39. The van der Waals surface area contributed by atoms with Crippen LogP contribution in [0.15, 0.2) is 52.7 Å². The Morgan fingerprint density at radius 2 is 1.46 bits per heavy atom. The summed E-state index contributed by atoms with van der Waals surface area (Å²) >= 11 is 1.64. The smallest absolute Gasteiger partial charge is 0.185 e. The molecule has 188 valence electrons. The maximum Gasteiger partial charge on any atom is 0.185 e. The van der Waals surface area contributed by atoms with E-state index < -0.39 is 9.84 Å². The lowest BCUT2D eigenvalue weighted by molar-refractivity contribution is 0.526. The van der Waals surface area contributed by atoms with Gasteiger partial charge in [-0.1, -0.05) is 84.0 Å². The second-order valence-electron chi connectivity index (χ2n) is 10.6. The summed E-state index contributed by atoms with van der Waals surface area (Å²) in [6.07, 6.45) is 1.26. The molecule has 1 aromatic heterocycles. The van der Waals surface area contributed by atoms with Crippen molar-refractivity contribution >= 4 is 26.3 Å². The van der Waals surface area contributed by atoms with Crippen LogP contribution in [0.2, 0.25) is 0 Å². The molecule has 2 heterocycles. The molecule has 1 saturated heterocycles. The molecule has 0 amide bonds. The zero-order valence-corrected chi connectivity index (χ0v) is 23.4. The van der Waals surface area contributed by atoms with Crippen molar-refractivity contribution in [3.05, 3.63) is 64.5 Å². The molecular formula is C29H38N2O2S2. The van der Waals surface area contributed by atoms with Crippen LogP contribution in [0.5, 0.6) is 0 Å². The third kappa shape index (κ3) is 5.34. The number of hydrogen-bond acceptors (Lipinski definition) is 5. The molecule has 2 aromatic carbocycles. The summed E-state index contributed by atoms with van der Waals surface area (Å²) in [4.78, 5) is 7.70. The monoisotopic (exact) mass is 510 g/mol. The van der Waals surface area contributed by atoms with Crippen molar-refractivity contribution in [2.75, 3.05) is 18.0 Å². The van der Waals surface area contributed by atoms with Gasteiger partial charge in [0.1, 0.15) is 0 Å². The van der Waals surface area contributed by atoms with E-state index in [0.717, 1.165) is 27.5 Å². The van der Waals surface area contributed by atoms with Gasteiger partial charge in [0, 0.05) is 24.0 Å². The first kappa shape index (κ1) is 25.9. The second kappa shape index (κ2) is 10.4. The number of piperidine rings is 1. The van der Waals surface area contributed by atoms with E-state index in [0.29, 0.717) is 36.7 Å². The zero-order chi connectivity index (χ0) is 25.3. The average molecular weight is 511 g/mol. The molecule has 6 heteroatoms. The SMILES string of the molecule is CC(C)c1cc(C(C)C)c(S(=O)(=O)C2CCN(c3nc(-c4ccccc4)cs3)CC2)c(C(C)C)c1. The van der Waals surface area contributed by atoms with Gasteiger partial charge in [0.15, 0.2) is 15.0 Å². The maximum absolute atomic E-state index is 14.1. The molecule has 0 unspecified atom stereocenters. The lowest BCUT2D eigenvalue weighted by Crippen LogP contribution is -2.39. The quantitative estimate of drug-likeness (QED) is 0.328. The molecule has 4 nitrogen and oxygen atoms in total. The van der Waals surface area contributed by atoms with Crippen LogP contribution in [0, 0.1) is 0 Å². The lowest BCUT2D eigenvalue weighted by Gasteiger charge is -2.33. The molecule has 1 aliphatic rings. The van der Waals surface area contributed by atoms with Gasteiger partial charge in [0.25, 0.3) is 0 Å². The topological polar surface area (TPSA) is 50.3 Å². The van der Waals surface area contributed by atoms with Gasteiger partial charge in [-0.2, -0.15) is 0 Å². The molecule has 0 atom stereocenters. The lowest BCUT2D eigenvalue weighted by atomic mass is 9.89. The number of nitrogens with zero attached hydrogens (tertiary/aromatic N) is 2. The van der Waals surface area contributed by atoms with E-state index in [4.69, 9.17) is 4.98 Å². The van der Waals surface area contributed by atoms with Gasteiger partial charge in [-0.05, 0) is 47.3 Å². The van der Waals surface area contributed by atoms with E-state index in [1.165, 1.54) is 5.56 Å². The molecule has 0 spiro atoms. The third-order valence-corrected chi connectivity index (χ3v) is 10.4. The van der Waals surface area contributed by atoms with Crippen molar-refractivity contribution in [3.63, 3.8) is 0 Å². The Morgan fingerprint density at radius 3 is 1.97 bits per heavy atom. The molecule has 0 aliphatic carbocycles. The van der Waals surface area contributed by atoms with E-state index in [-0.39, 0.29) is 17.1 Å². The fraction of sp³-hybridized carbons (Fsp3) is 0.483. The normalized spacial score (nSPS) is 15.5. The van der Waals surface area contributed by atoms with Crippen molar-refractivity contribution in [1.82, 2.24) is 4.98 Å². The average Bonchev–Trinajstić information content (AvgIpc) is 3.34. The van der Waals surface area contributed by atoms with Crippen LogP contribution in [0.25, 0.3) is 11.3 Å². The van der Waals surface area contributed by atoms with Gasteiger partial charge in [-0.15, -0.1) is 11.3 Å². The van der Waals surface area contributed by atoms with E-state index in [1.807, 2.05) is 18.2 Å². The molecule has 35 heavy (non-hydrogen) atoms. The summed E-state index contributed by atoms with van der Waals surface area (Å²) in [5.41, 5.74) is 5.28. The number of benzene rings is 2. The van der Waals surface area contributed by atoms with Crippen LogP contribution < -0.4 is 4.90 Å². The Morgan fingerprint density at radius 1 is 0.886 bits per heavy atom. The van der Waals surface area contributed by atoms with Crippen molar-refractivity contribution in [2.45, 2.75) is 82.3 Å². The van der Waals surface area contributed by atoms with Gasteiger partial charge in [0.2, 0.25) is 0 Å². The highest BCUT2D eigenvalue weighted by molar-refractivity contribution is 7.92. The van der Waals surface area contributed by atoms with E-state index >= 15 is 0 Å². The summed E-state index contributed by atoms with van der Waals surface area (Å²) in [7, 11) is -3.44. The fourth-order valence-electron chi connectivity index (χ4n) is 4.89. The number of hydrogen-bond donors (Lipinski definition) is 0. The van der Waals surface area contributed by atoms with Crippen LogP contribution >= 0.6 is 11.3 Å². The Balaban J connectivity index is 1.59. The summed E-state index contributed by atoms with van der Waals surface area (Å²) in [6.45, 7) is 14.2. The van der Waals surface area contributed by atoms with E-state index in [1.54, 1.807) is 11.3 Å². The summed E-state index contributed by atoms with van der Waals surface area (Å²) < 4.78 is 28.2. The summed E-state index contributed by atoms with van der Waals surface area (Å²) in [5.74, 6) is 0.676. The molecule has 0 N–H and O–H groups in total. The number of thiazole rings is 1. The van der Waals surface area contributed by atoms with Crippen LogP contribution in [-0.2, 0) is 9.84 Å². The van der Waals surface area contributed by atoms with Gasteiger partial charge in [-0.3, -0.25) is 0 Å². The third-order valence-electron chi connectivity index (χ3n) is 7.08. The molecular weight excluding hydrogens is 472 g/mol. The van der Waals surface area contributed by atoms with Crippen molar-refractivity contribution in [1.29, 1.82) is 0 Å². The van der Waals surface area contributed by atoms with Gasteiger partial charge >= 0.3 is 0 Å².